The van der Waals surface area contributed by atoms with Gasteiger partial charge in [-0.25, -0.2) is 0 Å². The lowest BCUT2D eigenvalue weighted by Crippen LogP contribution is -2.26. The molecule has 0 aliphatic rings. The second-order valence-electron chi connectivity index (χ2n) is 5.64. The van der Waals surface area contributed by atoms with Crippen LogP contribution in [0.4, 0.5) is 8.78 Å². The molecule has 0 fully saturated rings. The number of H-pyrrole nitrogens is 1. The van der Waals surface area contributed by atoms with E-state index < -0.39 is 6.61 Å². The van der Waals surface area contributed by atoms with Gasteiger partial charge in [0, 0.05) is 13.6 Å². The van der Waals surface area contributed by atoms with Gasteiger partial charge in [-0.1, -0.05) is 26.0 Å². The SMILES string of the molecule is CC(C)c1[nH]nc(C(=O)N(C)Cc2ccc(OC(F)F)cc2)c1Br. The van der Waals surface area contributed by atoms with Gasteiger partial charge in [0.25, 0.3) is 5.91 Å². The molecule has 2 rings (SSSR count). The highest BCUT2D eigenvalue weighted by Crippen LogP contribution is 2.26. The van der Waals surface area contributed by atoms with Crippen LogP contribution >= 0.6 is 15.9 Å². The fraction of sp³-hybridized carbons (Fsp3) is 0.375. The minimum absolute atomic E-state index is 0.0827. The Labute approximate surface area is 147 Å². The Balaban J connectivity index is 2.06. The van der Waals surface area contributed by atoms with Crippen molar-refractivity contribution in [2.45, 2.75) is 32.9 Å². The second-order valence-corrected chi connectivity index (χ2v) is 6.43. The fourth-order valence-corrected chi connectivity index (χ4v) is 2.97. The molecule has 0 radical (unpaired) electrons. The monoisotopic (exact) mass is 401 g/mol. The first-order valence-electron chi connectivity index (χ1n) is 7.32. The predicted molar refractivity (Wildman–Crippen MR) is 89.2 cm³/mol. The van der Waals surface area contributed by atoms with E-state index in [1.807, 2.05) is 13.8 Å². The summed E-state index contributed by atoms with van der Waals surface area (Å²) >= 11 is 3.41. The summed E-state index contributed by atoms with van der Waals surface area (Å²) in [5, 5.41) is 6.95. The number of rotatable bonds is 6. The molecule has 24 heavy (non-hydrogen) atoms. The molecule has 1 aromatic heterocycles. The van der Waals surface area contributed by atoms with Crippen molar-refractivity contribution in [1.82, 2.24) is 15.1 Å². The number of aromatic nitrogens is 2. The molecule has 0 aliphatic carbocycles. The molecule has 1 heterocycles. The van der Waals surface area contributed by atoms with Crippen LogP contribution in [-0.4, -0.2) is 34.7 Å². The van der Waals surface area contributed by atoms with E-state index in [0.717, 1.165) is 11.3 Å². The summed E-state index contributed by atoms with van der Waals surface area (Å²) in [5.74, 6) is 0.0541. The largest absolute Gasteiger partial charge is 0.435 e. The topological polar surface area (TPSA) is 58.2 Å². The fourth-order valence-electron chi connectivity index (χ4n) is 2.17. The highest BCUT2D eigenvalue weighted by atomic mass is 79.9. The average molecular weight is 402 g/mol. The van der Waals surface area contributed by atoms with Crippen LogP contribution in [0.1, 0.15) is 41.5 Å². The number of benzene rings is 1. The Morgan fingerprint density at radius 3 is 2.46 bits per heavy atom. The molecular formula is C16H18BrF2N3O2. The Kier molecular flexibility index (Phi) is 5.93. The first-order valence-corrected chi connectivity index (χ1v) is 8.11. The van der Waals surface area contributed by atoms with E-state index in [0.29, 0.717) is 16.7 Å². The van der Waals surface area contributed by atoms with Gasteiger partial charge in [0.15, 0.2) is 5.69 Å². The number of alkyl halides is 2. The zero-order chi connectivity index (χ0) is 17.9. The van der Waals surface area contributed by atoms with Crippen molar-refractivity contribution in [3.05, 3.63) is 45.7 Å². The van der Waals surface area contributed by atoms with Crippen molar-refractivity contribution in [1.29, 1.82) is 0 Å². The normalized spacial score (nSPS) is 11.2. The number of amides is 1. The Hall–Kier alpha value is -1.96. The Bertz CT molecular complexity index is 702. The molecule has 0 unspecified atom stereocenters. The number of aromatic amines is 1. The molecule has 1 aromatic carbocycles. The van der Waals surface area contributed by atoms with Gasteiger partial charge in [-0.2, -0.15) is 13.9 Å². The van der Waals surface area contributed by atoms with E-state index >= 15 is 0 Å². The van der Waals surface area contributed by atoms with Gasteiger partial charge in [0.2, 0.25) is 0 Å². The Morgan fingerprint density at radius 2 is 1.96 bits per heavy atom. The number of hydrogen-bond acceptors (Lipinski definition) is 3. The number of halogens is 3. The molecule has 1 amide bonds. The summed E-state index contributed by atoms with van der Waals surface area (Å²) in [4.78, 5) is 14.0. The standard InChI is InChI=1S/C16H18BrF2N3O2/c1-9(2)13-12(17)14(21-20-13)15(23)22(3)8-10-4-6-11(7-5-10)24-16(18)19/h4-7,9,16H,8H2,1-3H3,(H,20,21). The molecule has 5 nitrogen and oxygen atoms in total. The van der Waals surface area contributed by atoms with Crippen molar-refractivity contribution in [2.75, 3.05) is 7.05 Å². The maximum atomic E-state index is 12.5. The molecule has 2 aromatic rings. The van der Waals surface area contributed by atoms with Crippen LogP contribution in [0, 0.1) is 0 Å². The third kappa shape index (κ3) is 4.31. The summed E-state index contributed by atoms with van der Waals surface area (Å²) < 4.78 is 29.2. The van der Waals surface area contributed by atoms with Crippen molar-refractivity contribution in [2.24, 2.45) is 0 Å². The zero-order valence-electron chi connectivity index (χ0n) is 13.5. The van der Waals surface area contributed by atoms with Crippen molar-refractivity contribution in [3.8, 4) is 5.75 Å². The van der Waals surface area contributed by atoms with Crippen LogP contribution in [0.3, 0.4) is 0 Å². The summed E-state index contributed by atoms with van der Waals surface area (Å²) in [6, 6.07) is 6.17. The molecule has 0 atom stereocenters. The van der Waals surface area contributed by atoms with Crippen LogP contribution in [-0.2, 0) is 6.54 Å². The van der Waals surface area contributed by atoms with Gasteiger partial charge < -0.3 is 9.64 Å². The van der Waals surface area contributed by atoms with Gasteiger partial charge in [-0.3, -0.25) is 9.89 Å². The summed E-state index contributed by atoms with van der Waals surface area (Å²) in [6.45, 7) is 1.47. The third-order valence-corrected chi connectivity index (χ3v) is 4.23. The van der Waals surface area contributed by atoms with Crippen molar-refractivity contribution in [3.63, 3.8) is 0 Å². The van der Waals surface area contributed by atoms with E-state index in [-0.39, 0.29) is 17.6 Å². The lowest BCUT2D eigenvalue weighted by molar-refractivity contribution is -0.0498. The second kappa shape index (κ2) is 7.74. The molecule has 0 saturated carbocycles. The van der Waals surface area contributed by atoms with Crippen LogP contribution in [0.15, 0.2) is 28.7 Å². The number of hydrogen-bond donors (Lipinski definition) is 1. The van der Waals surface area contributed by atoms with Gasteiger partial charge in [-0.15, -0.1) is 0 Å². The summed E-state index contributed by atoms with van der Waals surface area (Å²) in [6.07, 6.45) is 0. The third-order valence-electron chi connectivity index (χ3n) is 3.43. The maximum absolute atomic E-state index is 12.5. The Morgan fingerprint density at radius 1 is 1.33 bits per heavy atom. The average Bonchev–Trinajstić information content (AvgIpc) is 2.89. The molecule has 0 aliphatic heterocycles. The first-order chi connectivity index (χ1) is 11.3. The summed E-state index contributed by atoms with van der Waals surface area (Å²) in [5.41, 5.74) is 1.97. The van der Waals surface area contributed by atoms with E-state index in [1.54, 1.807) is 19.2 Å². The minimum atomic E-state index is -2.85. The molecule has 8 heteroatoms. The van der Waals surface area contributed by atoms with Crippen LogP contribution in [0.5, 0.6) is 5.75 Å². The van der Waals surface area contributed by atoms with Gasteiger partial charge in [0.1, 0.15) is 5.75 Å². The molecule has 0 bridgehead atoms. The van der Waals surface area contributed by atoms with Gasteiger partial charge >= 0.3 is 6.61 Å². The molecule has 1 N–H and O–H groups in total. The van der Waals surface area contributed by atoms with Crippen LogP contribution in [0.2, 0.25) is 0 Å². The molecular weight excluding hydrogens is 384 g/mol. The molecule has 0 spiro atoms. The zero-order valence-corrected chi connectivity index (χ0v) is 15.1. The first kappa shape index (κ1) is 18.4. The minimum Gasteiger partial charge on any atom is -0.435 e. The van der Waals surface area contributed by atoms with Gasteiger partial charge in [0.05, 0.1) is 10.2 Å². The van der Waals surface area contributed by atoms with E-state index in [1.165, 1.54) is 17.0 Å². The van der Waals surface area contributed by atoms with Crippen LogP contribution < -0.4 is 4.74 Å². The number of nitrogens with one attached hydrogen (secondary N) is 1. The highest BCUT2D eigenvalue weighted by Gasteiger charge is 2.22. The van der Waals surface area contributed by atoms with Crippen molar-refractivity contribution >= 4 is 21.8 Å². The van der Waals surface area contributed by atoms with E-state index in [4.69, 9.17) is 0 Å². The molecule has 130 valence electrons. The lowest BCUT2D eigenvalue weighted by Gasteiger charge is -2.16. The van der Waals surface area contributed by atoms with Crippen LogP contribution in [0.25, 0.3) is 0 Å². The maximum Gasteiger partial charge on any atom is 0.387 e. The van der Waals surface area contributed by atoms with Crippen molar-refractivity contribution < 1.29 is 18.3 Å². The predicted octanol–water partition coefficient (Wildman–Crippen LogP) is 4.17. The van der Waals surface area contributed by atoms with Gasteiger partial charge in [-0.05, 0) is 39.5 Å². The smallest absolute Gasteiger partial charge is 0.387 e. The number of carbonyl (C=O) groups is 1. The highest BCUT2D eigenvalue weighted by molar-refractivity contribution is 9.10. The van der Waals surface area contributed by atoms with E-state index in [9.17, 15) is 13.6 Å². The number of carbonyl (C=O) groups excluding carboxylic acids is 1. The summed E-state index contributed by atoms with van der Waals surface area (Å²) in [7, 11) is 1.65. The van der Waals surface area contributed by atoms with E-state index in [2.05, 4.69) is 30.9 Å². The number of nitrogens with zero attached hydrogens (tertiary/aromatic N) is 2. The number of ether oxygens (including phenoxy) is 1. The lowest BCUT2D eigenvalue weighted by atomic mass is 10.1. The molecule has 0 saturated heterocycles. The quantitative estimate of drug-likeness (QED) is 0.789.